The van der Waals surface area contributed by atoms with Crippen molar-refractivity contribution in [2.24, 2.45) is 0 Å². The third-order valence-corrected chi connectivity index (χ3v) is 3.79. The van der Waals surface area contributed by atoms with Crippen molar-refractivity contribution in [2.45, 2.75) is 25.4 Å². The summed E-state index contributed by atoms with van der Waals surface area (Å²) in [4.78, 5) is 2.24. The number of ether oxygens (including phenoxy) is 1. The molecule has 100 valence electrons. The van der Waals surface area contributed by atoms with Crippen molar-refractivity contribution in [3.8, 4) is 5.75 Å². The first kappa shape index (κ1) is 13.9. The quantitative estimate of drug-likeness (QED) is 0.874. The van der Waals surface area contributed by atoms with Crippen molar-refractivity contribution in [3.63, 3.8) is 0 Å². The van der Waals surface area contributed by atoms with Gasteiger partial charge in [-0.05, 0) is 24.5 Å². The van der Waals surface area contributed by atoms with E-state index >= 15 is 0 Å². The Balaban J connectivity index is 2.14. The Kier molecular flexibility index (Phi) is 4.73. The molecule has 0 spiro atoms. The van der Waals surface area contributed by atoms with Crippen LogP contribution in [0.1, 0.15) is 18.4 Å². The Morgan fingerprint density at radius 2 is 2.06 bits per heavy atom. The molecule has 1 aliphatic carbocycles. The molecule has 0 amide bonds. The Labute approximate surface area is 117 Å². The van der Waals surface area contributed by atoms with Gasteiger partial charge in [0.05, 0.1) is 18.7 Å². The monoisotopic (exact) mass is 289 g/mol. The first-order valence-electron chi connectivity index (χ1n) is 6.02. The van der Waals surface area contributed by atoms with Crippen LogP contribution in [-0.2, 0) is 6.54 Å². The molecule has 0 saturated heterocycles. The number of hydrogen-bond donors (Lipinski definition) is 1. The average molecular weight is 290 g/mol. The van der Waals surface area contributed by atoms with Gasteiger partial charge in [0.25, 0.3) is 0 Å². The molecule has 1 aromatic carbocycles. The lowest BCUT2D eigenvalue weighted by atomic mass is 10.2. The van der Waals surface area contributed by atoms with Crippen LogP contribution in [0.3, 0.4) is 0 Å². The molecule has 1 N–H and O–H groups in total. The van der Waals surface area contributed by atoms with E-state index in [4.69, 9.17) is 33.0 Å². The van der Waals surface area contributed by atoms with Crippen molar-refractivity contribution in [1.82, 2.24) is 4.90 Å². The van der Waals surface area contributed by atoms with Gasteiger partial charge in [-0.1, -0.05) is 23.2 Å². The summed E-state index contributed by atoms with van der Waals surface area (Å²) in [5.74, 6) is 0.588. The number of benzene rings is 1. The second-order valence-corrected chi connectivity index (χ2v) is 5.32. The van der Waals surface area contributed by atoms with Gasteiger partial charge in [0.15, 0.2) is 0 Å². The van der Waals surface area contributed by atoms with Crippen molar-refractivity contribution in [3.05, 3.63) is 27.7 Å². The minimum atomic E-state index is 0.165. The molecule has 1 aliphatic rings. The molecular weight excluding hydrogens is 273 g/mol. The fourth-order valence-corrected chi connectivity index (χ4v) is 2.50. The molecule has 3 nitrogen and oxygen atoms in total. The predicted octanol–water partition coefficient (Wildman–Crippen LogP) is 2.96. The zero-order chi connectivity index (χ0) is 13.1. The molecule has 0 aromatic heterocycles. The average Bonchev–Trinajstić information content (AvgIpc) is 3.16. The third kappa shape index (κ3) is 3.29. The lowest BCUT2D eigenvalue weighted by molar-refractivity contribution is 0.183. The number of aliphatic hydroxyl groups is 1. The molecular formula is C13H17Cl2NO2. The van der Waals surface area contributed by atoms with Crippen LogP contribution in [0.2, 0.25) is 10.0 Å². The van der Waals surface area contributed by atoms with Crippen molar-refractivity contribution < 1.29 is 9.84 Å². The molecule has 1 saturated carbocycles. The normalized spacial score (nSPS) is 15.2. The highest BCUT2D eigenvalue weighted by atomic mass is 35.5. The molecule has 1 aromatic rings. The fourth-order valence-electron chi connectivity index (χ4n) is 2.03. The maximum atomic E-state index is 9.08. The zero-order valence-corrected chi connectivity index (χ0v) is 11.8. The SMILES string of the molecule is COc1cc(Cl)c(CN(CCO)C2CC2)cc1Cl. The van der Waals surface area contributed by atoms with E-state index in [2.05, 4.69) is 4.90 Å². The summed E-state index contributed by atoms with van der Waals surface area (Å²) in [7, 11) is 1.57. The van der Waals surface area contributed by atoms with E-state index < -0.39 is 0 Å². The van der Waals surface area contributed by atoms with Gasteiger partial charge in [0.2, 0.25) is 0 Å². The summed E-state index contributed by atoms with van der Waals surface area (Å²) < 4.78 is 5.12. The zero-order valence-electron chi connectivity index (χ0n) is 10.3. The van der Waals surface area contributed by atoms with Crippen LogP contribution in [0.5, 0.6) is 5.75 Å². The van der Waals surface area contributed by atoms with Gasteiger partial charge < -0.3 is 9.84 Å². The van der Waals surface area contributed by atoms with E-state index in [9.17, 15) is 0 Å². The van der Waals surface area contributed by atoms with Gasteiger partial charge in [-0.3, -0.25) is 4.90 Å². The van der Waals surface area contributed by atoms with Crippen molar-refractivity contribution in [2.75, 3.05) is 20.3 Å². The Bertz CT molecular complexity index is 422. The number of rotatable bonds is 6. The van der Waals surface area contributed by atoms with E-state index in [1.54, 1.807) is 13.2 Å². The van der Waals surface area contributed by atoms with E-state index in [1.165, 1.54) is 12.8 Å². The molecule has 0 heterocycles. The summed E-state index contributed by atoms with van der Waals surface area (Å²) in [6.07, 6.45) is 2.39. The van der Waals surface area contributed by atoms with Gasteiger partial charge in [-0.2, -0.15) is 0 Å². The second-order valence-electron chi connectivity index (χ2n) is 4.50. The third-order valence-electron chi connectivity index (χ3n) is 3.14. The highest BCUT2D eigenvalue weighted by Gasteiger charge is 2.29. The maximum absolute atomic E-state index is 9.08. The van der Waals surface area contributed by atoms with Crippen LogP contribution in [0, 0.1) is 0 Å². The Morgan fingerprint density at radius 1 is 1.33 bits per heavy atom. The fraction of sp³-hybridized carbons (Fsp3) is 0.538. The molecule has 0 aliphatic heterocycles. The van der Waals surface area contributed by atoms with Crippen LogP contribution in [0.25, 0.3) is 0 Å². The van der Waals surface area contributed by atoms with Crippen molar-refractivity contribution in [1.29, 1.82) is 0 Å². The molecule has 2 rings (SSSR count). The van der Waals surface area contributed by atoms with Gasteiger partial charge >= 0.3 is 0 Å². The molecule has 5 heteroatoms. The summed E-state index contributed by atoms with van der Waals surface area (Å²) in [6, 6.07) is 4.16. The smallest absolute Gasteiger partial charge is 0.138 e. The highest BCUT2D eigenvalue weighted by Crippen LogP contribution is 2.34. The Morgan fingerprint density at radius 3 is 2.61 bits per heavy atom. The summed E-state index contributed by atoms with van der Waals surface area (Å²) in [5, 5.41) is 10.3. The van der Waals surface area contributed by atoms with E-state index in [-0.39, 0.29) is 6.61 Å². The number of halogens is 2. The number of hydrogen-bond acceptors (Lipinski definition) is 3. The van der Waals surface area contributed by atoms with Gasteiger partial charge in [-0.15, -0.1) is 0 Å². The minimum Gasteiger partial charge on any atom is -0.495 e. The molecule has 0 atom stereocenters. The lowest BCUT2D eigenvalue weighted by Gasteiger charge is -2.21. The first-order chi connectivity index (χ1) is 8.65. The van der Waals surface area contributed by atoms with E-state index in [0.717, 1.165) is 5.56 Å². The summed E-state index contributed by atoms with van der Waals surface area (Å²) >= 11 is 12.3. The summed E-state index contributed by atoms with van der Waals surface area (Å²) in [5.41, 5.74) is 0.975. The molecule has 0 unspecified atom stereocenters. The largest absolute Gasteiger partial charge is 0.495 e. The maximum Gasteiger partial charge on any atom is 0.138 e. The van der Waals surface area contributed by atoms with Crippen molar-refractivity contribution >= 4 is 23.2 Å². The highest BCUT2D eigenvalue weighted by molar-refractivity contribution is 6.34. The standard InChI is InChI=1S/C13H17Cl2NO2/c1-18-13-7-11(14)9(6-12(13)15)8-16(4-5-17)10-2-3-10/h6-7,10,17H,2-5,8H2,1H3. The first-order valence-corrected chi connectivity index (χ1v) is 6.78. The molecule has 18 heavy (non-hydrogen) atoms. The predicted molar refractivity (Wildman–Crippen MR) is 73.5 cm³/mol. The van der Waals surface area contributed by atoms with Gasteiger partial charge in [-0.25, -0.2) is 0 Å². The lowest BCUT2D eigenvalue weighted by Crippen LogP contribution is -2.28. The van der Waals surface area contributed by atoms with Crippen LogP contribution in [-0.4, -0.2) is 36.3 Å². The van der Waals surface area contributed by atoms with Crippen LogP contribution in [0.4, 0.5) is 0 Å². The van der Waals surface area contributed by atoms with Gasteiger partial charge in [0, 0.05) is 30.2 Å². The summed E-state index contributed by atoms with van der Waals surface area (Å²) in [6.45, 7) is 1.55. The van der Waals surface area contributed by atoms with E-state index in [0.29, 0.717) is 34.9 Å². The Hall–Kier alpha value is -0.480. The molecule has 0 radical (unpaired) electrons. The second kappa shape index (κ2) is 6.11. The van der Waals surface area contributed by atoms with E-state index in [1.807, 2.05) is 6.07 Å². The van der Waals surface area contributed by atoms with Crippen LogP contribution < -0.4 is 4.74 Å². The minimum absolute atomic E-state index is 0.165. The topological polar surface area (TPSA) is 32.7 Å². The number of methoxy groups -OCH3 is 1. The van der Waals surface area contributed by atoms with Crippen LogP contribution >= 0.6 is 23.2 Å². The molecule has 0 bridgehead atoms. The molecule has 1 fully saturated rings. The number of nitrogens with zero attached hydrogens (tertiary/aromatic N) is 1. The van der Waals surface area contributed by atoms with Gasteiger partial charge in [0.1, 0.15) is 5.75 Å². The van der Waals surface area contributed by atoms with Crippen LogP contribution in [0.15, 0.2) is 12.1 Å². The number of aliphatic hydroxyl groups excluding tert-OH is 1.